The Morgan fingerprint density at radius 2 is 1.91 bits per heavy atom. The standard InChI is InChI=1S/C10H16.Na.H/c1-5-10(4)8-6-7-9(2)3;;/h5,7H,1,4,6,8H2,2-3H3;;. The van der Waals surface area contributed by atoms with E-state index in [9.17, 15) is 0 Å². The Kier molecular flexibility index (Phi) is 10.4. The first-order chi connectivity index (χ1) is 4.66. The summed E-state index contributed by atoms with van der Waals surface area (Å²) in [5, 5.41) is 0. The summed E-state index contributed by atoms with van der Waals surface area (Å²) < 4.78 is 0. The van der Waals surface area contributed by atoms with Gasteiger partial charge in [-0.05, 0) is 26.7 Å². The van der Waals surface area contributed by atoms with Crippen LogP contribution in [0.5, 0.6) is 0 Å². The van der Waals surface area contributed by atoms with Gasteiger partial charge in [-0.3, -0.25) is 0 Å². The van der Waals surface area contributed by atoms with Crippen molar-refractivity contribution >= 4 is 29.6 Å². The molecule has 0 aliphatic rings. The average Bonchev–Trinajstić information content (AvgIpc) is 1.87. The van der Waals surface area contributed by atoms with Gasteiger partial charge in [0, 0.05) is 0 Å². The molecule has 0 rings (SSSR count). The Morgan fingerprint density at radius 1 is 1.36 bits per heavy atom. The molecule has 0 aliphatic carbocycles. The fourth-order valence-electron chi connectivity index (χ4n) is 0.648. The van der Waals surface area contributed by atoms with Crippen molar-refractivity contribution in [2.45, 2.75) is 26.7 Å². The topological polar surface area (TPSA) is 0 Å². The molecule has 0 aromatic heterocycles. The second kappa shape index (κ2) is 8.32. The zero-order valence-corrected chi connectivity index (χ0v) is 6.98. The Balaban J connectivity index is 0. The predicted octanol–water partition coefficient (Wildman–Crippen LogP) is 2.83. The van der Waals surface area contributed by atoms with Gasteiger partial charge in [0.2, 0.25) is 0 Å². The van der Waals surface area contributed by atoms with Crippen LogP contribution in [0.4, 0.5) is 0 Å². The van der Waals surface area contributed by atoms with E-state index in [0.29, 0.717) is 0 Å². The van der Waals surface area contributed by atoms with Crippen molar-refractivity contribution in [1.82, 2.24) is 0 Å². The molecule has 1 heteroatoms. The fourth-order valence-corrected chi connectivity index (χ4v) is 0.648. The van der Waals surface area contributed by atoms with Gasteiger partial charge in [0.1, 0.15) is 0 Å². The maximum absolute atomic E-state index is 3.82. The monoisotopic (exact) mass is 160 g/mol. The van der Waals surface area contributed by atoms with Crippen LogP contribution in [0.3, 0.4) is 0 Å². The number of allylic oxidation sites excluding steroid dienone is 4. The molecule has 0 fully saturated rings. The van der Waals surface area contributed by atoms with E-state index in [0.717, 1.165) is 18.4 Å². The van der Waals surface area contributed by atoms with Crippen molar-refractivity contribution in [3.8, 4) is 0 Å². The van der Waals surface area contributed by atoms with Gasteiger partial charge in [-0.1, -0.05) is 36.5 Å². The van der Waals surface area contributed by atoms with E-state index >= 15 is 0 Å². The van der Waals surface area contributed by atoms with Crippen LogP contribution < -0.4 is 0 Å². The summed E-state index contributed by atoms with van der Waals surface area (Å²) >= 11 is 0. The Bertz CT molecular complexity index is 150. The van der Waals surface area contributed by atoms with Crippen LogP contribution in [-0.2, 0) is 0 Å². The molecule has 0 nitrogen and oxygen atoms in total. The third-order valence-electron chi connectivity index (χ3n) is 1.31. The maximum atomic E-state index is 3.82. The van der Waals surface area contributed by atoms with Crippen molar-refractivity contribution < 1.29 is 0 Å². The van der Waals surface area contributed by atoms with Crippen LogP contribution >= 0.6 is 0 Å². The molecule has 0 aromatic rings. The molecule has 0 radical (unpaired) electrons. The second-order valence-electron chi connectivity index (χ2n) is 2.68. The van der Waals surface area contributed by atoms with Crippen molar-refractivity contribution in [1.29, 1.82) is 0 Å². The SMILES string of the molecule is C=CC(=C)CCC=C(C)C.[NaH]. The minimum absolute atomic E-state index is 0. The summed E-state index contributed by atoms with van der Waals surface area (Å²) in [4.78, 5) is 0. The first-order valence-electron chi connectivity index (χ1n) is 3.60. The normalized spacial score (nSPS) is 7.82. The van der Waals surface area contributed by atoms with E-state index in [1.165, 1.54) is 5.57 Å². The summed E-state index contributed by atoms with van der Waals surface area (Å²) in [6.07, 6.45) is 6.16. The van der Waals surface area contributed by atoms with Gasteiger partial charge >= 0.3 is 29.6 Å². The Morgan fingerprint density at radius 3 is 2.27 bits per heavy atom. The molecule has 0 aliphatic heterocycles. The molecule has 0 amide bonds. The van der Waals surface area contributed by atoms with E-state index in [1.807, 2.05) is 6.08 Å². The second-order valence-corrected chi connectivity index (χ2v) is 2.68. The van der Waals surface area contributed by atoms with Crippen molar-refractivity contribution in [2.24, 2.45) is 0 Å². The summed E-state index contributed by atoms with van der Waals surface area (Å²) in [5.41, 5.74) is 2.49. The summed E-state index contributed by atoms with van der Waals surface area (Å²) in [6, 6.07) is 0. The number of hydrogen-bond donors (Lipinski definition) is 0. The summed E-state index contributed by atoms with van der Waals surface area (Å²) in [7, 11) is 0. The van der Waals surface area contributed by atoms with Gasteiger partial charge in [-0.25, -0.2) is 0 Å². The molecule has 0 heterocycles. The number of hydrogen-bond acceptors (Lipinski definition) is 0. The zero-order valence-electron chi connectivity index (χ0n) is 6.98. The summed E-state index contributed by atoms with van der Waals surface area (Å²) in [6.45, 7) is 11.7. The molecule has 0 spiro atoms. The van der Waals surface area contributed by atoms with Gasteiger partial charge in [-0.15, -0.1) is 0 Å². The zero-order chi connectivity index (χ0) is 7.98. The molecule has 58 valence electrons. The molecular weight excluding hydrogens is 143 g/mol. The molecular formula is C10H17Na. The van der Waals surface area contributed by atoms with Gasteiger partial charge in [0.25, 0.3) is 0 Å². The Hall–Kier alpha value is 0.220. The number of rotatable bonds is 4. The Labute approximate surface area is 92.4 Å². The molecule has 0 unspecified atom stereocenters. The van der Waals surface area contributed by atoms with Gasteiger partial charge in [-0.2, -0.15) is 0 Å². The van der Waals surface area contributed by atoms with Crippen LogP contribution in [0.2, 0.25) is 0 Å². The van der Waals surface area contributed by atoms with E-state index in [2.05, 4.69) is 33.1 Å². The fraction of sp³-hybridized carbons (Fsp3) is 0.400. The first-order valence-corrected chi connectivity index (χ1v) is 3.60. The molecule has 0 N–H and O–H groups in total. The molecule has 11 heavy (non-hydrogen) atoms. The van der Waals surface area contributed by atoms with Crippen molar-refractivity contribution in [2.75, 3.05) is 0 Å². The van der Waals surface area contributed by atoms with Gasteiger partial charge < -0.3 is 0 Å². The molecule has 0 saturated heterocycles. The quantitative estimate of drug-likeness (QED) is 0.337. The minimum atomic E-state index is 0. The van der Waals surface area contributed by atoms with Crippen LogP contribution in [0.1, 0.15) is 26.7 Å². The summed E-state index contributed by atoms with van der Waals surface area (Å²) in [5.74, 6) is 0. The van der Waals surface area contributed by atoms with E-state index < -0.39 is 0 Å². The van der Waals surface area contributed by atoms with Crippen LogP contribution in [0.25, 0.3) is 0 Å². The molecule has 0 bridgehead atoms. The van der Waals surface area contributed by atoms with Crippen LogP contribution in [0.15, 0.2) is 36.5 Å². The first kappa shape index (κ1) is 13.8. The third kappa shape index (κ3) is 10.2. The van der Waals surface area contributed by atoms with Crippen molar-refractivity contribution in [3.63, 3.8) is 0 Å². The van der Waals surface area contributed by atoms with E-state index in [4.69, 9.17) is 0 Å². The van der Waals surface area contributed by atoms with E-state index in [-0.39, 0.29) is 29.6 Å². The molecule has 0 atom stereocenters. The van der Waals surface area contributed by atoms with Crippen LogP contribution in [0, 0.1) is 0 Å². The van der Waals surface area contributed by atoms with E-state index in [1.54, 1.807) is 0 Å². The van der Waals surface area contributed by atoms with Crippen molar-refractivity contribution in [3.05, 3.63) is 36.5 Å². The van der Waals surface area contributed by atoms with Gasteiger partial charge in [0.05, 0.1) is 0 Å². The molecule has 0 aromatic carbocycles. The van der Waals surface area contributed by atoms with Crippen LogP contribution in [-0.4, -0.2) is 29.6 Å². The predicted molar refractivity (Wildman–Crippen MR) is 55.2 cm³/mol. The average molecular weight is 160 g/mol. The molecule has 0 saturated carbocycles. The van der Waals surface area contributed by atoms with Gasteiger partial charge in [0.15, 0.2) is 0 Å². The third-order valence-corrected chi connectivity index (χ3v) is 1.31.